The fourth-order valence-corrected chi connectivity index (χ4v) is 8.33. The van der Waals surface area contributed by atoms with Crippen LogP contribution in [0.15, 0.2) is 23.3 Å². The van der Waals surface area contributed by atoms with E-state index in [1.54, 1.807) is 18.1 Å². The maximum atomic E-state index is 11.5. The third kappa shape index (κ3) is 4.18. The van der Waals surface area contributed by atoms with E-state index in [4.69, 9.17) is 4.74 Å². The average molecular weight is 427 g/mol. The van der Waals surface area contributed by atoms with Crippen LogP contribution < -0.4 is 0 Å². The number of hydrogen-bond acceptors (Lipinski definition) is 2. The first-order chi connectivity index (χ1) is 14.6. The molecular formula is C29H46O2. The molecule has 0 aromatic carbocycles. The Kier molecular flexibility index (Phi) is 6.50. The molecule has 2 heteroatoms. The molecule has 0 bridgehead atoms. The Morgan fingerprint density at radius 1 is 1.03 bits per heavy atom. The molecular weight excluding hydrogens is 380 g/mol. The lowest BCUT2D eigenvalue weighted by molar-refractivity contribution is -0.148. The topological polar surface area (TPSA) is 26.3 Å². The van der Waals surface area contributed by atoms with Crippen LogP contribution in [0.5, 0.6) is 0 Å². The minimum absolute atomic E-state index is 0.0863. The van der Waals surface area contributed by atoms with Gasteiger partial charge >= 0.3 is 5.97 Å². The van der Waals surface area contributed by atoms with Crippen LogP contribution in [0.1, 0.15) is 106 Å². The van der Waals surface area contributed by atoms with Crippen molar-refractivity contribution in [2.75, 3.05) is 0 Å². The van der Waals surface area contributed by atoms with E-state index in [0.717, 1.165) is 42.9 Å². The molecule has 3 saturated carbocycles. The van der Waals surface area contributed by atoms with E-state index >= 15 is 0 Å². The standard InChI is InChI=1S/C29H46O2/c1-19(2)8-7-9-20(3)25-12-13-26-24-11-10-22-18-23(31-21(4)30)14-16-28(22,5)27(24)15-17-29(25,26)6/h10-11,19-20,23,25-27H,7-9,12-18H2,1-6H3/t20-,23?,25-,26?,27?,28+,29-/m1/s1. The first-order valence-corrected chi connectivity index (χ1v) is 13.2. The molecule has 2 nitrogen and oxygen atoms in total. The molecule has 31 heavy (non-hydrogen) atoms. The molecule has 0 saturated heterocycles. The van der Waals surface area contributed by atoms with Gasteiger partial charge in [0.1, 0.15) is 6.10 Å². The number of carbonyl (C=O) groups excluding carboxylic acids is 1. The van der Waals surface area contributed by atoms with Gasteiger partial charge in [0.25, 0.3) is 0 Å². The summed E-state index contributed by atoms with van der Waals surface area (Å²) in [5.74, 6) is 3.94. The highest BCUT2D eigenvalue weighted by Crippen LogP contribution is 2.66. The van der Waals surface area contributed by atoms with Gasteiger partial charge < -0.3 is 4.74 Å². The maximum Gasteiger partial charge on any atom is 0.302 e. The lowest BCUT2D eigenvalue weighted by atomic mass is 9.50. The predicted octanol–water partition coefficient (Wildman–Crippen LogP) is 7.88. The fraction of sp³-hybridized carbons (Fsp3) is 0.828. The van der Waals surface area contributed by atoms with Gasteiger partial charge in [0.2, 0.25) is 0 Å². The lowest BCUT2D eigenvalue weighted by Gasteiger charge is -2.55. The van der Waals surface area contributed by atoms with Crippen LogP contribution in [0.25, 0.3) is 0 Å². The number of rotatable bonds is 6. The number of fused-ring (bicyclic) bond motifs is 5. The number of ether oxygens (including phenoxy) is 1. The van der Waals surface area contributed by atoms with Gasteiger partial charge in [-0.2, -0.15) is 0 Å². The zero-order valence-electron chi connectivity index (χ0n) is 21.0. The first-order valence-electron chi connectivity index (χ1n) is 13.2. The number of allylic oxidation sites excluding steroid dienone is 3. The van der Waals surface area contributed by atoms with E-state index in [1.807, 2.05) is 0 Å². The Bertz CT molecular complexity index is 746. The SMILES string of the molecule is CC(=O)OC1CC[C@@]2(C)C(=CC=C3C2CC[C@@]2(C)C3CC[C@@H]2[C@H](C)CCCC(C)C)C1. The second-order valence-corrected chi connectivity index (χ2v) is 12.4. The highest BCUT2D eigenvalue weighted by atomic mass is 16.5. The maximum absolute atomic E-state index is 11.5. The highest BCUT2D eigenvalue weighted by Gasteiger charge is 2.57. The Morgan fingerprint density at radius 3 is 2.52 bits per heavy atom. The van der Waals surface area contributed by atoms with Gasteiger partial charge in [0.05, 0.1) is 0 Å². The van der Waals surface area contributed by atoms with Crippen molar-refractivity contribution in [1.82, 2.24) is 0 Å². The second-order valence-electron chi connectivity index (χ2n) is 12.4. The molecule has 0 aliphatic heterocycles. The fourth-order valence-electron chi connectivity index (χ4n) is 8.33. The van der Waals surface area contributed by atoms with Crippen molar-refractivity contribution < 1.29 is 9.53 Å². The zero-order valence-corrected chi connectivity index (χ0v) is 21.0. The van der Waals surface area contributed by atoms with Crippen LogP contribution in [0.4, 0.5) is 0 Å². The molecule has 7 atom stereocenters. The van der Waals surface area contributed by atoms with Gasteiger partial charge in [-0.3, -0.25) is 4.79 Å². The molecule has 0 radical (unpaired) electrons. The minimum atomic E-state index is -0.130. The summed E-state index contributed by atoms with van der Waals surface area (Å²) in [6.45, 7) is 14.0. The van der Waals surface area contributed by atoms with Gasteiger partial charge in [-0.25, -0.2) is 0 Å². The smallest absolute Gasteiger partial charge is 0.302 e. The predicted molar refractivity (Wildman–Crippen MR) is 129 cm³/mol. The number of carbonyl (C=O) groups is 1. The quantitative estimate of drug-likeness (QED) is 0.404. The number of hydrogen-bond donors (Lipinski definition) is 0. The van der Waals surface area contributed by atoms with Crippen LogP contribution in [0.3, 0.4) is 0 Å². The normalized spacial score (nSPS) is 40.4. The summed E-state index contributed by atoms with van der Waals surface area (Å²) in [7, 11) is 0. The van der Waals surface area contributed by atoms with Gasteiger partial charge in [-0.1, -0.05) is 77.2 Å². The first kappa shape index (κ1) is 23.1. The molecule has 0 spiro atoms. The van der Waals surface area contributed by atoms with Crippen molar-refractivity contribution in [2.45, 2.75) is 112 Å². The summed E-state index contributed by atoms with van der Waals surface area (Å²) < 4.78 is 5.59. The van der Waals surface area contributed by atoms with Gasteiger partial charge in [0.15, 0.2) is 0 Å². The zero-order chi connectivity index (χ0) is 22.4. The molecule has 3 fully saturated rings. The molecule has 0 heterocycles. The molecule has 4 rings (SSSR count). The third-order valence-electron chi connectivity index (χ3n) is 10.1. The van der Waals surface area contributed by atoms with Gasteiger partial charge in [0, 0.05) is 13.3 Å². The van der Waals surface area contributed by atoms with E-state index < -0.39 is 0 Å². The molecule has 4 aliphatic carbocycles. The van der Waals surface area contributed by atoms with Crippen molar-refractivity contribution in [3.8, 4) is 0 Å². The summed E-state index contributed by atoms with van der Waals surface area (Å²) in [5.41, 5.74) is 4.10. The molecule has 0 aromatic rings. The van der Waals surface area contributed by atoms with Crippen LogP contribution in [0, 0.1) is 40.4 Å². The monoisotopic (exact) mass is 426 g/mol. The third-order valence-corrected chi connectivity index (χ3v) is 10.1. The van der Waals surface area contributed by atoms with Crippen LogP contribution >= 0.6 is 0 Å². The summed E-state index contributed by atoms with van der Waals surface area (Å²) >= 11 is 0. The van der Waals surface area contributed by atoms with Crippen molar-refractivity contribution in [3.05, 3.63) is 23.3 Å². The largest absolute Gasteiger partial charge is 0.462 e. The summed E-state index contributed by atoms with van der Waals surface area (Å²) in [6, 6.07) is 0. The number of esters is 1. The van der Waals surface area contributed by atoms with Crippen molar-refractivity contribution in [1.29, 1.82) is 0 Å². The van der Waals surface area contributed by atoms with E-state index in [1.165, 1.54) is 44.9 Å². The average Bonchev–Trinajstić information content (AvgIpc) is 3.05. The van der Waals surface area contributed by atoms with Gasteiger partial charge in [-0.05, 0) is 78.9 Å². The summed E-state index contributed by atoms with van der Waals surface area (Å²) in [6.07, 6.45) is 17.9. The van der Waals surface area contributed by atoms with E-state index in [0.29, 0.717) is 11.3 Å². The lowest BCUT2D eigenvalue weighted by Crippen LogP contribution is -2.46. The Hall–Kier alpha value is -1.05. The Labute approximate surface area is 191 Å². The van der Waals surface area contributed by atoms with Crippen molar-refractivity contribution in [2.24, 2.45) is 40.4 Å². The van der Waals surface area contributed by atoms with E-state index in [-0.39, 0.29) is 17.5 Å². The Morgan fingerprint density at radius 2 is 1.81 bits per heavy atom. The Balaban J connectivity index is 1.51. The van der Waals surface area contributed by atoms with E-state index in [9.17, 15) is 4.79 Å². The summed E-state index contributed by atoms with van der Waals surface area (Å²) in [4.78, 5) is 11.5. The molecule has 174 valence electrons. The van der Waals surface area contributed by atoms with E-state index in [2.05, 4.69) is 46.8 Å². The molecule has 0 N–H and O–H groups in total. The molecule has 0 amide bonds. The van der Waals surface area contributed by atoms with Gasteiger partial charge in [-0.15, -0.1) is 0 Å². The second kappa shape index (κ2) is 8.71. The van der Waals surface area contributed by atoms with Crippen LogP contribution in [0.2, 0.25) is 0 Å². The highest BCUT2D eigenvalue weighted by molar-refractivity contribution is 5.66. The van der Waals surface area contributed by atoms with Crippen molar-refractivity contribution in [3.63, 3.8) is 0 Å². The molecule has 4 aliphatic rings. The van der Waals surface area contributed by atoms with Crippen LogP contribution in [-0.4, -0.2) is 12.1 Å². The summed E-state index contributed by atoms with van der Waals surface area (Å²) in [5, 5.41) is 0. The van der Waals surface area contributed by atoms with Crippen LogP contribution in [-0.2, 0) is 9.53 Å². The van der Waals surface area contributed by atoms with Crippen molar-refractivity contribution >= 4 is 5.97 Å². The molecule has 0 aromatic heterocycles. The minimum Gasteiger partial charge on any atom is -0.462 e. The molecule has 3 unspecified atom stereocenters.